The van der Waals surface area contributed by atoms with Crippen molar-refractivity contribution in [3.05, 3.63) is 35.9 Å². The smallest absolute Gasteiger partial charge is 0.148 e. The largest absolute Gasteiger partial charge is 0.306 e. The van der Waals surface area contributed by atoms with Crippen LogP contribution in [0.25, 0.3) is 0 Å². The van der Waals surface area contributed by atoms with Crippen LogP contribution in [0.1, 0.15) is 12.0 Å². The molecule has 0 saturated carbocycles. The molecular weight excluding hydrogens is 198 g/mol. The number of rotatable bonds is 2. The number of nitrogens with one attached hydrogen (secondary N) is 1. The van der Waals surface area contributed by atoms with E-state index in [1.165, 1.54) is 5.56 Å². The minimum atomic E-state index is 0. The highest BCUT2D eigenvalue weighted by molar-refractivity contribution is 5.85. The van der Waals surface area contributed by atoms with Gasteiger partial charge in [0.2, 0.25) is 0 Å². The van der Waals surface area contributed by atoms with E-state index in [2.05, 4.69) is 17.4 Å². The standard InChI is InChI=1S/C11H13NO.ClH/c13-11-7-10(12-8-11)6-9-4-2-1-3-5-9;/h1-5,10,12H,6-8H2;1H. The van der Waals surface area contributed by atoms with E-state index in [-0.39, 0.29) is 12.4 Å². The lowest BCUT2D eigenvalue weighted by molar-refractivity contribution is -0.116. The van der Waals surface area contributed by atoms with E-state index in [1.807, 2.05) is 18.2 Å². The molecule has 1 aromatic rings. The molecule has 0 bridgehead atoms. The van der Waals surface area contributed by atoms with Crippen LogP contribution >= 0.6 is 12.4 Å². The summed E-state index contributed by atoms with van der Waals surface area (Å²) in [6.07, 6.45) is 1.65. The van der Waals surface area contributed by atoms with E-state index in [1.54, 1.807) is 0 Å². The van der Waals surface area contributed by atoms with Crippen LogP contribution in [0.2, 0.25) is 0 Å². The fourth-order valence-electron chi connectivity index (χ4n) is 1.72. The van der Waals surface area contributed by atoms with E-state index in [9.17, 15) is 4.79 Å². The molecule has 3 heteroatoms. The van der Waals surface area contributed by atoms with Crippen molar-refractivity contribution >= 4 is 18.2 Å². The average molecular weight is 212 g/mol. The Labute approximate surface area is 90.1 Å². The lowest BCUT2D eigenvalue weighted by atomic mass is 10.0. The fourth-order valence-corrected chi connectivity index (χ4v) is 1.72. The summed E-state index contributed by atoms with van der Waals surface area (Å²) in [5, 5.41) is 3.21. The first kappa shape index (κ1) is 11.2. The Balaban J connectivity index is 0.000000980. The van der Waals surface area contributed by atoms with Gasteiger partial charge >= 0.3 is 0 Å². The first-order valence-corrected chi connectivity index (χ1v) is 4.63. The fraction of sp³-hybridized carbons (Fsp3) is 0.364. The minimum absolute atomic E-state index is 0. The van der Waals surface area contributed by atoms with E-state index in [0.29, 0.717) is 24.8 Å². The van der Waals surface area contributed by atoms with Crippen LogP contribution in [0.4, 0.5) is 0 Å². The van der Waals surface area contributed by atoms with Gasteiger partial charge in [-0.2, -0.15) is 0 Å². The quantitative estimate of drug-likeness (QED) is 0.805. The average Bonchev–Trinajstić information content (AvgIpc) is 2.53. The van der Waals surface area contributed by atoms with E-state index < -0.39 is 0 Å². The zero-order valence-corrected chi connectivity index (χ0v) is 8.72. The van der Waals surface area contributed by atoms with Crippen LogP contribution in [0.5, 0.6) is 0 Å². The SMILES string of the molecule is Cl.O=C1CNC(Cc2ccccc2)C1. The molecule has 0 amide bonds. The Morgan fingerprint density at radius 1 is 1.29 bits per heavy atom. The van der Waals surface area contributed by atoms with Crippen LogP contribution in [-0.2, 0) is 11.2 Å². The second-order valence-corrected chi connectivity index (χ2v) is 3.51. The number of Topliss-reactive ketones (excluding diaryl/α,β-unsaturated/α-hetero) is 1. The molecule has 2 nitrogen and oxygen atoms in total. The third-order valence-electron chi connectivity index (χ3n) is 2.39. The monoisotopic (exact) mass is 211 g/mol. The molecule has 1 aliphatic heterocycles. The zero-order chi connectivity index (χ0) is 9.10. The third kappa shape index (κ3) is 2.82. The van der Waals surface area contributed by atoms with Crippen molar-refractivity contribution in [2.75, 3.05) is 6.54 Å². The highest BCUT2D eigenvalue weighted by Crippen LogP contribution is 2.09. The van der Waals surface area contributed by atoms with Crippen molar-refractivity contribution in [2.45, 2.75) is 18.9 Å². The third-order valence-corrected chi connectivity index (χ3v) is 2.39. The second-order valence-electron chi connectivity index (χ2n) is 3.51. The van der Waals surface area contributed by atoms with Gasteiger partial charge in [0.1, 0.15) is 5.78 Å². The molecule has 0 aromatic heterocycles. The van der Waals surface area contributed by atoms with Crippen LogP contribution in [0.3, 0.4) is 0 Å². The first-order chi connectivity index (χ1) is 6.34. The highest BCUT2D eigenvalue weighted by Gasteiger charge is 2.20. The minimum Gasteiger partial charge on any atom is -0.306 e. The van der Waals surface area contributed by atoms with Gasteiger partial charge in [-0.25, -0.2) is 0 Å². The van der Waals surface area contributed by atoms with Crippen LogP contribution < -0.4 is 5.32 Å². The maximum absolute atomic E-state index is 11.0. The molecule has 1 unspecified atom stereocenters. The molecule has 1 fully saturated rings. The number of benzene rings is 1. The summed E-state index contributed by atoms with van der Waals surface area (Å²) in [5.41, 5.74) is 1.30. The highest BCUT2D eigenvalue weighted by atomic mass is 35.5. The summed E-state index contributed by atoms with van der Waals surface area (Å²) in [4.78, 5) is 11.0. The summed E-state index contributed by atoms with van der Waals surface area (Å²) >= 11 is 0. The molecule has 1 N–H and O–H groups in total. The molecule has 1 aliphatic rings. The van der Waals surface area contributed by atoms with Crippen LogP contribution in [-0.4, -0.2) is 18.4 Å². The number of carbonyl (C=O) groups excluding carboxylic acids is 1. The summed E-state index contributed by atoms with van der Waals surface area (Å²) in [6.45, 7) is 0.553. The Hall–Kier alpha value is -0.860. The predicted molar refractivity (Wildman–Crippen MR) is 58.8 cm³/mol. The van der Waals surface area contributed by atoms with Crippen molar-refractivity contribution in [3.63, 3.8) is 0 Å². The molecule has 1 saturated heterocycles. The molecule has 0 radical (unpaired) electrons. The summed E-state index contributed by atoms with van der Waals surface area (Å²) in [6, 6.07) is 10.6. The van der Waals surface area contributed by atoms with Crippen LogP contribution in [0, 0.1) is 0 Å². The Bertz CT molecular complexity index is 299. The topological polar surface area (TPSA) is 29.1 Å². The lowest BCUT2D eigenvalue weighted by Crippen LogP contribution is -2.23. The van der Waals surface area contributed by atoms with Crippen molar-refractivity contribution in [2.24, 2.45) is 0 Å². The van der Waals surface area contributed by atoms with Crippen molar-refractivity contribution in [1.29, 1.82) is 0 Å². The number of hydrogen-bond acceptors (Lipinski definition) is 2. The second kappa shape index (κ2) is 5.13. The molecule has 1 atom stereocenters. The van der Waals surface area contributed by atoms with Crippen molar-refractivity contribution < 1.29 is 4.79 Å². The predicted octanol–water partition coefficient (Wildman–Crippen LogP) is 1.58. The number of halogens is 1. The van der Waals surface area contributed by atoms with Crippen LogP contribution in [0.15, 0.2) is 30.3 Å². The lowest BCUT2D eigenvalue weighted by Gasteiger charge is -2.08. The van der Waals surface area contributed by atoms with Gasteiger partial charge in [-0.05, 0) is 12.0 Å². The Morgan fingerprint density at radius 3 is 2.57 bits per heavy atom. The summed E-state index contributed by atoms with van der Waals surface area (Å²) in [5.74, 6) is 0.334. The Kier molecular flexibility index (Phi) is 4.11. The molecule has 2 rings (SSSR count). The molecule has 76 valence electrons. The molecule has 1 aromatic carbocycles. The van der Waals surface area contributed by atoms with E-state index >= 15 is 0 Å². The maximum atomic E-state index is 11.0. The number of ketones is 1. The van der Waals surface area contributed by atoms with Gasteiger partial charge in [0.05, 0.1) is 6.54 Å². The van der Waals surface area contributed by atoms with Gasteiger partial charge in [0, 0.05) is 12.5 Å². The number of hydrogen-bond donors (Lipinski definition) is 1. The Morgan fingerprint density at radius 2 is 2.00 bits per heavy atom. The molecular formula is C11H14ClNO. The number of carbonyl (C=O) groups is 1. The van der Waals surface area contributed by atoms with Gasteiger partial charge in [-0.15, -0.1) is 12.4 Å². The van der Waals surface area contributed by atoms with E-state index in [4.69, 9.17) is 0 Å². The van der Waals surface area contributed by atoms with Crippen molar-refractivity contribution in [3.8, 4) is 0 Å². The maximum Gasteiger partial charge on any atom is 0.148 e. The summed E-state index contributed by atoms with van der Waals surface area (Å²) < 4.78 is 0. The normalized spacial score (nSPS) is 20.6. The van der Waals surface area contributed by atoms with Gasteiger partial charge in [0.15, 0.2) is 0 Å². The zero-order valence-electron chi connectivity index (χ0n) is 7.90. The van der Waals surface area contributed by atoms with Crippen molar-refractivity contribution in [1.82, 2.24) is 5.32 Å². The van der Waals surface area contributed by atoms with Gasteiger partial charge in [-0.1, -0.05) is 30.3 Å². The molecule has 14 heavy (non-hydrogen) atoms. The summed E-state index contributed by atoms with van der Waals surface area (Å²) in [7, 11) is 0. The molecule has 0 spiro atoms. The van der Waals surface area contributed by atoms with Gasteiger partial charge in [-0.3, -0.25) is 4.79 Å². The van der Waals surface area contributed by atoms with Gasteiger partial charge in [0.25, 0.3) is 0 Å². The van der Waals surface area contributed by atoms with E-state index in [0.717, 1.165) is 6.42 Å². The first-order valence-electron chi connectivity index (χ1n) is 4.63. The molecule has 0 aliphatic carbocycles. The van der Waals surface area contributed by atoms with Gasteiger partial charge < -0.3 is 5.32 Å². The molecule has 1 heterocycles.